The molecule has 4 heteroatoms. The molecule has 0 radical (unpaired) electrons. The number of aromatic nitrogens is 2. The van der Waals surface area contributed by atoms with Crippen LogP contribution in [0.4, 0.5) is 0 Å². The lowest BCUT2D eigenvalue weighted by molar-refractivity contribution is 0.195. The second kappa shape index (κ2) is 6.39. The van der Waals surface area contributed by atoms with Gasteiger partial charge < -0.3 is 14.6 Å². The molecular formula is C18H27N3O. The van der Waals surface area contributed by atoms with E-state index < -0.39 is 0 Å². The van der Waals surface area contributed by atoms with Crippen molar-refractivity contribution in [3.05, 3.63) is 29.2 Å². The van der Waals surface area contributed by atoms with Gasteiger partial charge in [0.05, 0.1) is 16.9 Å². The molecule has 0 aliphatic heterocycles. The molecule has 1 saturated carbocycles. The van der Waals surface area contributed by atoms with Crippen LogP contribution < -0.4 is 5.32 Å². The zero-order valence-corrected chi connectivity index (χ0v) is 14.1. The first-order chi connectivity index (χ1) is 10.6. The SMILES string of the molecule is COCCCc1cn(C)c2c(C)nc(C(C)NC3CC3)cc12. The third-order valence-electron chi connectivity index (χ3n) is 4.54. The number of rotatable bonds is 7. The van der Waals surface area contributed by atoms with Crippen LogP contribution in [-0.2, 0) is 18.2 Å². The van der Waals surface area contributed by atoms with Crippen LogP contribution in [0, 0.1) is 6.92 Å². The Hall–Kier alpha value is -1.39. The van der Waals surface area contributed by atoms with E-state index in [-0.39, 0.29) is 0 Å². The monoisotopic (exact) mass is 301 g/mol. The fourth-order valence-corrected chi connectivity index (χ4v) is 3.26. The predicted molar refractivity (Wildman–Crippen MR) is 90.2 cm³/mol. The Morgan fingerprint density at radius 2 is 2.23 bits per heavy atom. The summed E-state index contributed by atoms with van der Waals surface area (Å²) in [6.45, 7) is 5.15. The molecule has 1 unspecified atom stereocenters. The fraction of sp³-hybridized carbons (Fsp3) is 0.611. The highest BCUT2D eigenvalue weighted by atomic mass is 16.5. The number of hydrogen-bond donors (Lipinski definition) is 1. The molecule has 2 aromatic heterocycles. The van der Waals surface area contributed by atoms with E-state index in [1.807, 2.05) is 0 Å². The molecule has 4 nitrogen and oxygen atoms in total. The lowest BCUT2D eigenvalue weighted by Gasteiger charge is -2.14. The van der Waals surface area contributed by atoms with Crippen molar-refractivity contribution in [2.75, 3.05) is 13.7 Å². The van der Waals surface area contributed by atoms with Crippen molar-refractivity contribution in [3.63, 3.8) is 0 Å². The predicted octanol–water partition coefficient (Wildman–Crippen LogP) is 3.27. The van der Waals surface area contributed by atoms with Gasteiger partial charge in [-0.2, -0.15) is 0 Å². The molecule has 0 bridgehead atoms. The van der Waals surface area contributed by atoms with Gasteiger partial charge in [-0.05, 0) is 51.2 Å². The summed E-state index contributed by atoms with van der Waals surface area (Å²) < 4.78 is 7.40. The van der Waals surface area contributed by atoms with Gasteiger partial charge in [0, 0.05) is 44.4 Å². The highest BCUT2D eigenvalue weighted by Crippen LogP contribution is 2.28. The van der Waals surface area contributed by atoms with E-state index in [9.17, 15) is 0 Å². The van der Waals surface area contributed by atoms with E-state index in [0.717, 1.165) is 30.8 Å². The maximum absolute atomic E-state index is 5.19. The Morgan fingerprint density at radius 1 is 1.45 bits per heavy atom. The summed E-state index contributed by atoms with van der Waals surface area (Å²) in [6, 6.07) is 3.30. The van der Waals surface area contributed by atoms with E-state index >= 15 is 0 Å². The summed E-state index contributed by atoms with van der Waals surface area (Å²) in [5.41, 5.74) is 4.95. The van der Waals surface area contributed by atoms with E-state index in [1.54, 1.807) is 7.11 Å². The molecule has 0 spiro atoms. The van der Waals surface area contributed by atoms with Gasteiger partial charge in [0.25, 0.3) is 0 Å². The Kier molecular flexibility index (Phi) is 4.50. The van der Waals surface area contributed by atoms with Gasteiger partial charge in [-0.3, -0.25) is 4.98 Å². The first-order valence-corrected chi connectivity index (χ1v) is 8.30. The molecule has 0 aromatic carbocycles. The third kappa shape index (κ3) is 3.18. The van der Waals surface area contributed by atoms with Crippen molar-refractivity contribution in [1.82, 2.24) is 14.9 Å². The minimum Gasteiger partial charge on any atom is -0.385 e. The number of pyridine rings is 1. The molecule has 1 aliphatic rings. The summed E-state index contributed by atoms with van der Waals surface area (Å²) in [6.07, 6.45) is 6.97. The molecule has 0 amide bonds. The summed E-state index contributed by atoms with van der Waals surface area (Å²) >= 11 is 0. The van der Waals surface area contributed by atoms with Crippen LogP contribution in [0.25, 0.3) is 10.9 Å². The van der Waals surface area contributed by atoms with Gasteiger partial charge in [-0.15, -0.1) is 0 Å². The molecule has 22 heavy (non-hydrogen) atoms. The van der Waals surface area contributed by atoms with Crippen LogP contribution in [0.3, 0.4) is 0 Å². The van der Waals surface area contributed by atoms with Gasteiger partial charge >= 0.3 is 0 Å². The molecule has 1 atom stereocenters. The number of methoxy groups -OCH3 is 1. The van der Waals surface area contributed by atoms with Crippen LogP contribution in [-0.4, -0.2) is 29.3 Å². The van der Waals surface area contributed by atoms with Crippen LogP contribution >= 0.6 is 0 Å². The molecule has 2 aromatic rings. The molecule has 3 rings (SSSR count). The number of fused-ring (bicyclic) bond motifs is 1. The number of nitrogens with one attached hydrogen (secondary N) is 1. The lowest BCUT2D eigenvalue weighted by atomic mass is 10.1. The van der Waals surface area contributed by atoms with Crippen LogP contribution in [0.1, 0.15) is 49.2 Å². The van der Waals surface area contributed by atoms with Crippen LogP contribution in [0.15, 0.2) is 12.3 Å². The molecule has 0 saturated heterocycles. The Labute approximate surface area is 132 Å². The smallest absolute Gasteiger partial charge is 0.0697 e. The second-order valence-electron chi connectivity index (χ2n) is 6.55. The Bertz CT molecular complexity index is 658. The number of ether oxygens (including phenoxy) is 1. The molecule has 2 heterocycles. The Morgan fingerprint density at radius 3 is 2.91 bits per heavy atom. The van der Waals surface area contributed by atoms with Crippen molar-refractivity contribution in [3.8, 4) is 0 Å². The molecular weight excluding hydrogens is 274 g/mol. The highest BCUT2D eigenvalue weighted by Gasteiger charge is 2.24. The number of hydrogen-bond acceptors (Lipinski definition) is 3. The Balaban J connectivity index is 1.92. The van der Waals surface area contributed by atoms with Gasteiger partial charge in [-0.1, -0.05) is 0 Å². The van der Waals surface area contributed by atoms with E-state index in [0.29, 0.717) is 12.1 Å². The normalized spacial score (nSPS) is 16.4. The summed E-state index contributed by atoms with van der Waals surface area (Å²) in [4.78, 5) is 4.84. The van der Waals surface area contributed by atoms with Gasteiger partial charge in [0.15, 0.2) is 0 Å². The quantitative estimate of drug-likeness (QED) is 0.798. The van der Waals surface area contributed by atoms with Gasteiger partial charge in [-0.25, -0.2) is 0 Å². The number of aryl methyl sites for hydroxylation is 3. The van der Waals surface area contributed by atoms with Crippen molar-refractivity contribution in [1.29, 1.82) is 0 Å². The first-order valence-electron chi connectivity index (χ1n) is 8.30. The highest BCUT2D eigenvalue weighted by molar-refractivity contribution is 5.86. The van der Waals surface area contributed by atoms with Crippen LogP contribution in [0.2, 0.25) is 0 Å². The molecule has 1 aliphatic carbocycles. The minimum absolute atomic E-state index is 0.322. The standard InChI is InChI=1S/C18H27N3O/c1-12(19-15-7-8-15)17-10-16-14(6-5-9-22-4)11-21(3)18(16)13(2)20-17/h10-12,15,19H,5-9H2,1-4H3. The van der Waals surface area contributed by atoms with Crippen molar-refractivity contribution in [2.45, 2.75) is 51.6 Å². The van der Waals surface area contributed by atoms with Gasteiger partial charge in [0.2, 0.25) is 0 Å². The van der Waals surface area contributed by atoms with E-state index in [1.165, 1.54) is 29.3 Å². The van der Waals surface area contributed by atoms with Crippen molar-refractivity contribution < 1.29 is 4.74 Å². The fourth-order valence-electron chi connectivity index (χ4n) is 3.26. The maximum Gasteiger partial charge on any atom is 0.0697 e. The average molecular weight is 301 g/mol. The molecule has 1 N–H and O–H groups in total. The summed E-state index contributed by atoms with van der Waals surface area (Å²) in [7, 11) is 3.88. The van der Waals surface area contributed by atoms with E-state index in [2.05, 4.69) is 43.0 Å². The minimum atomic E-state index is 0.322. The molecule has 1 fully saturated rings. The number of nitrogens with zero attached hydrogens (tertiary/aromatic N) is 2. The third-order valence-corrected chi connectivity index (χ3v) is 4.54. The molecule has 120 valence electrons. The average Bonchev–Trinajstić information content (AvgIpc) is 3.23. The van der Waals surface area contributed by atoms with E-state index in [4.69, 9.17) is 9.72 Å². The van der Waals surface area contributed by atoms with Crippen molar-refractivity contribution >= 4 is 10.9 Å². The second-order valence-corrected chi connectivity index (χ2v) is 6.55. The summed E-state index contributed by atoms with van der Waals surface area (Å²) in [5, 5.41) is 5.00. The summed E-state index contributed by atoms with van der Waals surface area (Å²) in [5.74, 6) is 0. The zero-order chi connectivity index (χ0) is 15.7. The van der Waals surface area contributed by atoms with Crippen molar-refractivity contribution in [2.24, 2.45) is 7.05 Å². The largest absolute Gasteiger partial charge is 0.385 e. The van der Waals surface area contributed by atoms with Gasteiger partial charge in [0.1, 0.15) is 0 Å². The first kappa shape index (κ1) is 15.5. The zero-order valence-electron chi connectivity index (χ0n) is 14.1. The topological polar surface area (TPSA) is 39.1 Å². The maximum atomic E-state index is 5.19. The lowest BCUT2D eigenvalue weighted by Crippen LogP contribution is -2.21. The van der Waals surface area contributed by atoms with Crippen LogP contribution in [0.5, 0.6) is 0 Å².